The van der Waals surface area contributed by atoms with Gasteiger partial charge in [0.25, 0.3) is 0 Å². The minimum Gasteiger partial charge on any atom is -0.563 e. The molecule has 6 N–H and O–H groups in total. The third kappa shape index (κ3) is 536. The predicted molar refractivity (Wildman–Crippen MR) is 23.8 cm³/mol. The Morgan fingerprint density at radius 2 is 1.00 bits per heavy atom. The quantitative estimate of drug-likeness (QED) is 0.195. The van der Waals surface area contributed by atoms with E-state index in [1.54, 1.807) is 0 Å². The maximum atomic E-state index is 5.74. The Kier molecular flexibility index (Phi) is 104. The van der Waals surface area contributed by atoms with Gasteiger partial charge in [-0.2, -0.15) is 0 Å². The second-order valence-corrected chi connectivity index (χ2v) is 0.289. The fourth-order valence-electron chi connectivity index (χ4n) is 0. The summed E-state index contributed by atoms with van der Waals surface area (Å²) in [6.07, 6.45) is 3.00. The summed E-state index contributed by atoms with van der Waals surface area (Å²) in [5, 5.41) is 11.5. The maximum absolute atomic E-state index is 5.74. The van der Waals surface area contributed by atoms with Gasteiger partial charge in [-0.3, -0.25) is 0 Å². The van der Waals surface area contributed by atoms with Gasteiger partial charge in [0.1, 0.15) is 0 Å². The van der Waals surface area contributed by atoms with Gasteiger partial charge in [0.15, 0.2) is 0 Å². The molecule has 0 unspecified atom stereocenters. The van der Waals surface area contributed by atoms with Crippen LogP contribution < -0.4 is 11.5 Å². The van der Waals surface area contributed by atoms with Crippen LogP contribution in [-0.2, 0) is 21.1 Å². The molecule has 0 amide bonds. The van der Waals surface area contributed by atoms with Gasteiger partial charge in [0.2, 0.25) is 0 Å². The Balaban J connectivity index is -0.0000000400. The summed E-state index contributed by atoms with van der Waals surface area (Å²) in [7, 11) is 0. The molecule has 0 saturated carbocycles. The topological polar surface area (TPSA) is 99.7 Å². The molecule has 0 aliphatic rings. The molecule has 0 spiro atoms. The summed E-state index contributed by atoms with van der Waals surface area (Å²) in [6, 6.07) is 0. The maximum Gasteiger partial charge on any atom is 2.00 e. The van der Waals surface area contributed by atoms with E-state index in [9.17, 15) is 0 Å². The summed E-state index contributed by atoms with van der Waals surface area (Å²) in [5.41, 5.74) is 8.53. The Morgan fingerprint density at radius 3 is 1.00 bits per heavy atom. The molecule has 0 atom stereocenters. The third-order valence-electron chi connectivity index (χ3n) is 0. The molecular weight excluding hydrogens is 275 g/mol. The third-order valence-corrected chi connectivity index (χ3v) is 0. The van der Waals surface area contributed by atoms with Crippen LogP contribution in [0.3, 0.4) is 0 Å². The summed E-state index contributed by atoms with van der Waals surface area (Å²) in [4.78, 5) is 0. The first-order chi connectivity index (χ1) is 2.83. The van der Waals surface area contributed by atoms with Gasteiger partial charge in [-0.05, 0) is 0 Å². The van der Waals surface area contributed by atoms with E-state index in [2.05, 4.69) is 11.5 Å². The molecule has 0 saturated heterocycles. The summed E-state index contributed by atoms with van der Waals surface area (Å²) in [5.74, 6) is 0. The van der Waals surface area contributed by atoms with Crippen molar-refractivity contribution in [3.05, 3.63) is 0 Å². The van der Waals surface area contributed by atoms with Crippen molar-refractivity contribution in [3.63, 3.8) is 0 Å². The first-order valence-corrected chi connectivity index (χ1v) is 1.08. The van der Waals surface area contributed by atoms with E-state index in [1.807, 2.05) is 0 Å². The van der Waals surface area contributed by atoms with Gasteiger partial charge in [-0.15, -0.1) is 0 Å². The Morgan fingerprint density at radius 1 is 1.00 bits per heavy atom. The predicted octanol–water partition coefficient (Wildman–Crippen LogP) is -1.14. The molecule has 0 aromatic heterocycles. The van der Waals surface area contributed by atoms with Crippen LogP contribution in [0, 0.1) is 10.8 Å². The molecule has 0 aromatic rings. The van der Waals surface area contributed by atoms with E-state index in [1.165, 1.54) is 12.7 Å². The Labute approximate surface area is 56.5 Å². The molecule has 0 rings (SSSR count). The molecule has 44 valence electrons. The van der Waals surface area contributed by atoms with Crippen molar-refractivity contribution in [1.82, 2.24) is 0 Å². The normalized spacial score (nSPS) is 3.43. The average Bonchev–Trinajstić information content (AvgIpc) is 1.39. The van der Waals surface area contributed by atoms with Gasteiger partial charge in [-0.1, -0.05) is 0 Å². The van der Waals surface area contributed by atoms with E-state index < -0.39 is 0 Å². The molecule has 0 radical (unpaired) electrons. The molecule has 7 heavy (non-hydrogen) atoms. The second-order valence-electron chi connectivity index (χ2n) is 0.289. The number of hydrogen-bond acceptors (Lipinski definition) is 2. The molecule has 0 bridgehead atoms. The number of rotatable bonds is 0. The van der Waals surface area contributed by atoms with Gasteiger partial charge in [0, 0.05) is 0 Å². The van der Waals surface area contributed by atoms with Crippen molar-refractivity contribution < 1.29 is 21.1 Å². The minimum atomic E-state index is 0. The van der Waals surface area contributed by atoms with Crippen molar-refractivity contribution >= 4 is 12.7 Å². The van der Waals surface area contributed by atoms with E-state index >= 15 is 0 Å². The molecule has 0 heterocycles. The SMILES string of the molecule is N=[C-]N.N=[C-]N.[Pt+2]. The zero-order chi connectivity index (χ0) is 5.41. The molecular formula is C2H6N4Pt. The largest absolute Gasteiger partial charge is 2.00 e. The van der Waals surface area contributed by atoms with Crippen LogP contribution >= 0.6 is 0 Å². The standard InChI is InChI=1S/2CH3N2.Pt/c2*2-1-3;/h2*(H3,2,3);/q2*-1;+2. The van der Waals surface area contributed by atoms with Gasteiger partial charge >= 0.3 is 21.1 Å². The van der Waals surface area contributed by atoms with Crippen molar-refractivity contribution in [2.75, 3.05) is 0 Å². The van der Waals surface area contributed by atoms with Crippen molar-refractivity contribution in [1.29, 1.82) is 10.8 Å². The van der Waals surface area contributed by atoms with Crippen molar-refractivity contribution in [2.24, 2.45) is 11.5 Å². The van der Waals surface area contributed by atoms with E-state index in [-0.39, 0.29) is 21.1 Å². The smallest absolute Gasteiger partial charge is 0.563 e. The van der Waals surface area contributed by atoms with E-state index in [4.69, 9.17) is 10.8 Å². The van der Waals surface area contributed by atoms with Crippen molar-refractivity contribution in [2.45, 2.75) is 0 Å². The van der Waals surface area contributed by atoms with Gasteiger partial charge in [0.05, 0.1) is 0 Å². The Hall–Kier alpha value is -0.372. The monoisotopic (exact) mass is 281 g/mol. The molecule has 4 nitrogen and oxygen atoms in total. The summed E-state index contributed by atoms with van der Waals surface area (Å²) < 4.78 is 0. The zero-order valence-corrected chi connectivity index (χ0v) is 5.74. The van der Waals surface area contributed by atoms with Gasteiger partial charge < -0.3 is 35.0 Å². The van der Waals surface area contributed by atoms with E-state index in [0.29, 0.717) is 0 Å². The fraction of sp³-hybridized carbons (Fsp3) is 0. The zero-order valence-electron chi connectivity index (χ0n) is 3.47. The van der Waals surface area contributed by atoms with E-state index in [0.717, 1.165) is 0 Å². The molecule has 0 aliphatic heterocycles. The second kappa shape index (κ2) is 45.5. The number of nitrogens with one attached hydrogen (secondary N) is 2. The fourth-order valence-corrected chi connectivity index (χ4v) is 0. The van der Waals surface area contributed by atoms with Crippen molar-refractivity contribution in [3.8, 4) is 0 Å². The van der Waals surface area contributed by atoms with Crippen LogP contribution in [-0.4, -0.2) is 12.7 Å². The molecule has 0 fully saturated rings. The molecule has 0 aromatic carbocycles. The van der Waals surface area contributed by atoms with Crippen LogP contribution in [0.2, 0.25) is 0 Å². The summed E-state index contributed by atoms with van der Waals surface area (Å²) in [6.45, 7) is 0. The molecule has 5 heteroatoms. The summed E-state index contributed by atoms with van der Waals surface area (Å²) >= 11 is 0. The first-order valence-electron chi connectivity index (χ1n) is 1.08. The first kappa shape index (κ1) is 15.9. The average molecular weight is 281 g/mol. The van der Waals surface area contributed by atoms with Crippen LogP contribution in [0.25, 0.3) is 0 Å². The van der Waals surface area contributed by atoms with Crippen LogP contribution in [0.5, 0.6) is 0 Å². The minimum absolute atomic E-state index is 0. The van der Waals surface area contributed by atoms with Crippen LogP contribution in [0.4, 0.5) is 0 Å². The van der Waals surface area contributed by atoms with Crippen LogP contribution in [0.15, 0.2) is 0 Å². The van der Waals surface area contributed by atoms with Crippen LogP contribution in [0.1, 0.15) is 0 Å². The molecule has 0 aliphatic carbocycles. The van der Waals surface area contributed by atoms with Gasteiger partial charge in [-0.25, -0.2) is 0 Å². The number of nitrogens with two attached hydrogens (primary N) is 2. The number of hydrogen-bond donors (Lipinski definition) is 4. The Bertz CT molecular complexity index is 30.7.